The Bertz CT molecular complexity index is 879. The molecular formula is C23H29N3O2. The highest BCUT2D eigenvalue weighted by atomic mass is 16.5. The van der Waals surface area contributed by atoms with Crippen LogP contribution in [0.3, 0.4) is 0 Å². The molecule has 28 heavy (non-hydrogen) atoms. The van der Waals surface area contributed by atoms with Crippen molar-refractivity contribution in [3.63, 3.8) is 0 Å². The molecule has 2 N–H and O–H groups in total. The van der Waals surface area contributed by atoms with Crippen molar-refractivity contribution >= 4 is 0 Å². The van der Waals surface area contributed by atoms with Gasteiger partial charge in [-0.3, -0.25) is 5.10 Å². The summed E-state index contributed by atoms with van der Waals surface area (Å²) in [5, 5.41) is 10.8. The number of H-pyrrole nitrogens is 1. The van der Waals surface area contributed by atoms with Crippen molar-refractivity contribution in [2.45, 2.75) is 46.1 Å². The molecule has 0 atom stereocenters. The minimum Gasteiger partial charge on any atom is -0.497 e. The number of nitrogens with zero attached hydrogens (tertiary/aromatic N) is 1. The zero-order valence-electron chi connectivity index (χ0n) is 17.1. The molecule has 0 spiro atoms. The molecule has 5 heteroatoms. The summed E-state index contributed by atoms with van der Waals surface area (Å²) < 4.78 is 11.1. The fourth-order valence-corrected chi connectivity index (χ4v) is 2.92. The van der Waals surface area contributed by atoms with Crippen molar-refractivity contribution in [1.29, 1.82) is 0 Å². The number of nitrogens with one attached hydrogen (secondary N) is 2. The van der Waals surface area contributed by atoms with Crippen molar-refractivity contribution in [3.05, 3.63) is 71.4 Å². The SMILES string of the molecule is COc1ccc(-c2[nH]ncc2CNCc2cccc(COC(C)(C)C)c2)cc1. The summed E-state index contributed by atoms with van der Waals surface area (Å²) in [5.41, 5.74) is 5.56. The molecule has 5 nitrogen and oxygen atoms in total. The Morgan fingerprint density at radius 1 is 1.00 bits per heavy atom. The summed E-state index contributed by atoms with van der Waals surface area (Å²) in [6, 6.07) is 16.5. The number of aromatic amines is 1. The molecule has 0 aliphatic carbocycles. The lowest BCUT2D eigenvalue weighted by Crippen LogP contribution is -2.18. The van der Waals surface area contributed by atoms with Gasteiger partial charge in [0.05, 0.1) is 31.2 Å². The van der Waals surface area contributed by atoms with E-state index in [9.17, 15) is 0 Å². The van der Waals surface area contributed by atoms with Crippen LogP contribution in [0.15, 0.2) is 54.7 Å². The first-order chi connectivity index (χ1) is 13.4. The molecule has 0 saturated heterocycles. The summed E-state index contributed by atoms with van der Waals surface area (Å²) in [5.74, 6) is 0.846. The first-order valence-corrected chi connectivity index (χ1v) is 9.54. The van der Waals surface area contributed by atoms with Gasteiger partial charge in [-0.05, 0) is 56.2 Å². The maximum absolute atomic E-state index is 5.87. The highest BCUT2D eigenvalue weighted by Gasteiger charge is 2.10. The molecule has 0 bridgehead atoms. The predicted molar refractivity (Wildman–Crippen MR) is 112 cm³/mol. The van der Waals surface area contributed by atoms with E-state index in [1.54, 1.807) is 7.11 Å². The van der Waals surface area contributed by atoms with Crippen LogP contribution in [0.4, 0.5) is 0 Å². The predicted octanol–water partition coefficient (Wildman–Crippen LogP) is 4.69. The topological polar surface area (TPSA) is 59.2 Å². The van der Waals surface area contributed by atoms with Crippen molar-refractivity contribution in [3.8, 4) is 17.0 Å². The van der Waals surface area contributed by atoms with Gasteiger partial charge in [0, 0.05) is 24.2 Å². The zero-order valence-corrected chi connectivity index (χ0v) is 17.1. The summed E-state index contributed by atoms with van der Waals surface area (Å²) in [4.78, 5) is 0. The molecule has 148 valence electrons. The number of benzene rings is 2. The Morgan fingerprint density at radius 3 is 2.46 bits per heavy atom. The smallest absolute Gasteiger partial charge is 0.118 e. The Balaban J connectivity index is 1.58. The van der Waals surface area contributed by atoms with Crippen molar-refractivity contribution < 1.29 is 9.47 Å². The van der Waals surface area contributed by atoms with Crippen LogP contribution in [0, 0.1) is 0 Å². The van der Waals surface area contributed by atoms with E-state index >= 15 is 0 Å². The molecule has 2 aromatic carbocycles. The minimum absolute atomic E-state index is 0.132. The Labute approximate surface area is 167 Å². The number of methoxy groups -OCH3 is 1. The van der Waals surface area contributed by atoms with E-state index in [1.807, 2.05) is 30.5 Å². The largest absolute Gasteiger partial charge is 0.497 e. The summed E-state index contributed by atoms with van der Waals surface area (Å²) in [6.45, 7) is 8.37. The van der Waals surface area contributed by atoms with Crippen LogP contribution in [0.25, 0.3) is 11.3 Å². The van der Waals surface area contributed by atoms with Gasteiger partial charge in [-0.25, -0.2) is 0 Å². The first kappa shape index (κ1) is 20.1. The second-order valence-corrected chi connectivity index (χ2v) is 7.82. The third-order valence-corrected chi connectivity index (χ3v) is 4.40. The number of hydrogen-bond acceptors (Lipinski definition) is 4. The highest BCUT2D eigenvalue weighted by Crippen LogP contribution is 2.23. The second kappa shape index (κ2) is 9.04. The Kier molecular flexibility index (Phi) is 6.49. The minimum atomic E-state index is -0.132. The van der Waals surface area contributed by atoms with Gasteiger partial charge in [0.25, 0.3) is 0 Å². The molecule has 0 aliphatic heterocycles. The van der Waals surface area contributed by atoms with E-state index in [2.05, 4.69) is 60.6 Å². The van der Waals surface area contributed by atoms with Gasteiger partial charge in [0.2, 0.25) is 0 Å². The van der Waals surface area contributed by atoms with Crippen LogP contribution < -0.4 is 10.1 Å². The maximum Gasteiger partial charge on any atom is 0.118 e. The van der Waals surface area contributed by atoms with E-state index in [0.29, 0.717) is 6.61 Å². The summed E-state index contributed by atoms with van der Waals surface area (Å²) in [7, 11) is 1.67. The van der Waals surface area contributed by atoms with Gasteiger partial charge in [-0.1, -0.05) is 24.3 Å². The van der Waals surface area contributed by atoms with Crippen LogP contribution in [0.2, 0.25) is 0 Å². The third kappa shape index (κ3) is 5.68. The monoisotopic (exact) mass is 379 g/mol. The van der Waals surface area contributed by atoms with Gasteiger partial charge in [0.15, 0.2) is 0 Å². The van der Waals surface area contributed by atoms with E-state index in [4.69, 9.17) is 9.47 Å². The summed E-state index contributed by atoms with van der Waals surface area (Å²) in [6.07, 6.45) is 1.88. The van der Waals surface area contributed by atoms with E-state index in [0.717, 1.165) is 35.7 Å². The molecule has 0 unspecified atom stereocenters. The first-order valence-electron chi connectivity index (χ1n) is 9.54. The third-order valence-electron chi connectivity index (χ3n) is 4.40. The van der Waals surface area contributed by atoms with Gasteiger partial charge in [0.1, 0.15) is 5.75 Å². The van der Waals surface area contributed by atoms with E-state index < -0.39 is 0 Å². The standard InChI is InChI=1S/C23H29N3O2/c1-23(2,3)28-16-18-7-5-6-17(12-18)13-24-14-20-15-25-26-22(20)19-8-10-21(27-4)11-9-19/h5-12,15,24H,13-14,16H2,1-4H3,(H,25,26). The zero-order chi connectivity index (χ0) is 20.0. The molecule has 1 aromatic heterocycles. The van der Waals surface area contributed by atoms with E-state index in [-0.39, 0.29) is 5.60 Å². The lowest BCUT2D eigenvalue weighted by molar-refractivity contribution is -0.0149. The quantitative estimate of drug-likeness (QED) is 0.596. The number of aromatic nitrogens is 2. The lowest BCUT2D eigenvalue weighted by atomic mass is 10.1. The molecule has 3 rings (SSSR count). The normalized spacial score (nSPS) is 11.6. The fourth-order valence-electron chi connectivity index (χ4n) is 2.92. The molecule has 0 amide bonds. The van der Waals surface area contributed by atoms with Crippen LogP contribution >= 0.6 is 0 Å². The van der Waals surface area contributed by atoms with Gasteiger partial charge in [-0.15, -0.1) is 0 Å². The molecule has 1 heterocycles. The second-order valence-electron chi connectivity index (χ2n) is 7.82. The fraction of sp³-hybridized carbons (Fsp3) is 0.348. The number of hydrogen-bond donors (Lipinski definition) is 2. The molecule has 0 fully saturated rings. The maximum atomic E-state index is 5.87. The average molecular weight is 380 g/mol. The Morgan fingerprint density at radius 2 is 1.75 bits per heavy atom. The molecule has 3 aromatic rings. The van der Waals surface area contributed by atoms with Crippen molar-refractivity contribution in [2.75, 3.05) is 7.11 Å². The highest BCUT2D eigenvalue weighted by molar-refractivity contribution is 5.63. The van der Waals surface area contributed by atoms with Gasteiger partial charge < -0.3 is 14.8 Å². The van der Waals surface area contributed by atoms with Gasteiger partial charge >= 0.3 is 0 Å². The molecule has 0 saturated carbocycles. The number of rotatable bonds is 8. The van der Waals surface area contributed by atoms with Crippen molar-refractivity contribution in [2.24, 2.45) is 0 Å². The van der Waals surface area contributed by atoms with Crippen LogP contribution in [0.5, 0.6) is 5.75 Å². The molecule has 0 aliphatic rings. The molecular weight excluding hydrogens is 350 g/mol. The average Bonchev–Trinajstić information content (AvgIpc) is 3.15. The van der Waals surface area contributed by atoms with Crippen LogP contribution in [-0.2, 0) is 24.4 Å². The number of ether oxygens (including phenoxy) is 2. The molecule has 0 radical (unpaired) electrons. The van der Waals surface area contributed by atoms with Crippen LogP contribution in [0.1, 0.15) is 37.5 Å². The van der Waals surface area contributed by atoms with E-state index in [1.165, 1.54) is 11.1 Å². The van der Waals surface area contributed by atoms with Crippen LogP contribution in [-0.4, -0.2) is 22.9 Å². The Hall–Kier alpha value is -2.63. The van der Waals surface area contributed by atoms with Crippen molar-refractivity contribution in [1.82, 2.24) is 15.5 Å². The van der Waals surface area contributed by atoms with Gasteiger partial charge in [-0.2, -0.15) is 5.10 Å². The lowest BCUT2D eigenvalue weighted by Gasteiger charge is -2.19. The summed E-state index contributed by atoms with van der Waals surface area (Å²) >= 11 is 0.